The van der Waals surface area contributed by atoms with Crippen LogP contribution in [0.4, 0.5) is 5.69 Å². The second-order valence-corrected chi connectivity index (χ2v) is 7.53. The van der Waals surface area contributed by atoms with Crippen LogP contribution in [0.15, 0.2) is 24.3 Å². The van der Waals surface area contributed by atoms with E-state index in [-0.39, 0.29) is 18.4 Å². The van der Waals surface area contributed by atoms with Crippen molar-refractivity contribution >= 4 is 21.6 Å². The predicted octanol–water partition coefficient (Wildman–Crippen LogP) is 1.92. The van der Waals surface area contributed by atoms with Gasteiger partial charge in [0, 0.05) is 13.0 Å². The van der Waals surface area contributed by atoms with Crippen LogP contribution in [-0.4, -0.2) is 33.7 Å². The van der Waals surface area contributed by atoms with Crippen molar-refractivity contribution in [3.63, 3.8) is 0 Å². The van der Waals surface area contributed by atoms with E-state index in [0.717, 1.165) is 5.56 Å². The van der Waals surface area contributed by atoms with Crippen LogP contribution in [0.1, 0.15) is 25.8 Å². The van der Waals surface area contributed by atoms with E-state index in [4.69, 9.17) is 0 Å². The molecule has 0 spiro atoms. The van der Waals surface area contributed by atoms with E-state index in [0.29, 0.717) is 18.7 Å². The van der Waals surface area contributed by atoms with E-state index in [1.165, 1.54) is 10.6 Å². The standard InChI is InChI=1S/C15H24N2O3S/c1-12(2)10-15(18)16-8-9-17(21(4,19)20)14-7-5-6-13(3)11-14/h5-7,11-12H,8-10H2,1-4H3,(H,16,18). The van der Waals surface area contributed by atoms with Gasteiger partial charge in [-0.1, -0.05) is 26.0 Å². The zero-order valence-electron chi connectivity index (χ0n) is 13.1. The Hall–Kier alpha value is -1.56. The van der Waals surface area contributed by atoms with Gasteiger partial charge in [0.05, 0.1) is 18.5 Å². The third kappa shape index (κ3) is 6.16. The molecule has 0 radical (unpaired) electrons. The van der Waals surface area contributed by atoms with Crippen molar-refractivity contribution in [1.82, 2.24) is 5.32 Å². The number of rotatable bonds is 7. The third-order valence-corrected chi connectivity index (χ3v) is 4.11. The van der Waals surface area contributed by atoms with E-state index in [1.807, 2.05) is 39.0 Å². The normalized spacial score (nSPS) is 11.5. The van der Waals surface area contributed by atoms with Gasteiger partial charge in [0.2, 0.25) is 15.9 Å². The lowest BCUT2D eigenvalue weighted by molar-refractivity contribution is -0.121. The van der Waals surface area contributed by atoms with E-state index >= 15 is 0 Å². The van der Waals surface area contributed by atoms with Crippen molar-refractivity contribution in [2.24, 2.45) is 5.92 Å². The fourth-order valence-corrected chi connectivity index (χ4v) is 2.93. The minimum absolute atomic E-state index is 0.0531. The van der Waals surface area contributed by atoms with Gasteiger partial charge in [-0.05, 0) is 30.5 Å². The van der Waals surface area contributed by atoms with Gasteiger partial charge < -0.3 is 5.32 Å². The van der Waals surface area contributed by atoms with Crippen LogP contribution < -0.4 is 9.62 Å². The molecular formula is C15H24N2O3S. The summed E-state index contributed by atoms with van der Waals surface area (Å²) in [5.41, 5.74) is 1.61. The van der Waals surface area contributed by atoms with Crippen LogP contribution in [0.5, 0.6) is 0 Å². The second-order valence-electron chi connectivity index (χ2n) is 5.62. The first-order chi connectivity index (χ1) is 9.70. The van der Waals surface area contributed by atoms with Crippen molar-refractivity contribution in [2.45, 2.75) is 27.2 Å². The van der Waals surface area contributed by atoms with Crippen molar-refractivity contribution in [3.8, 4) is 0 Å². The van der Waals surface area contributed by atoms with Gasteiger partial charge in [-0.2, -0.15) is 0 Å². The molecule has 0 aliphatic heterocycles. The summed E-state index contributed by atoms with van der Waals surface area (Å²) >= 11 is 0. The number of anilines is 1. The molecule has 0 aromatic heterocycles. The Morgan fingerprint density at radius 2 is 2.00 bits per heavy atom. The number of sulfonamides is 1. The SMILES string of the molecule is Cc1cccc(N(CCNC(=O)CC(C)C)S(C)(=O)=O)c1. The average molecular weight is 312 g/mol. The molecular weight excluding hydrogens is 288 g/mol. The van der Waals surface area contributed by atoms with Crippen LogP contribution in [0.3, 0.4) is 0 Å². The maximum Gasteiger partial charge on any atom is 0.232 e. The Bertz CT molecular complexity index is 582. The third-order valence-electron chi connectivity index (χ3n) is 2.92. The summed E-state index contributed by atoms with van der Waals surface area (Å²) < 4.78 is 25.1. The molecule has 1 amide bonds. The molecule has 0 saturated carbocycles. The number of amides is 1. The van der Waals surface area contributed by atoms with Crippen LogP contribution in [0, 0.1) is 12.8 Å². The molecule has 0 bridgehead atoms. The van der Waals surface area contributed by atoms with E-state index in [1.54, 1.807) is 6.07 Å². The Kier molecular flexibility index (Phi) is 6.20. The van der Waals surface area contributed by atoms with Crippen LogP contribution >= 0.6 is 0 Å². The first-order valence-electron chi connectivity index (χ1n) is 7.01. The minimum atomic E-state index is -3.37. The van der Waals surface area contributed by atoms with Gasteiger partial charge in [0.15, 0.2) is 0 Å². The number of nitrogens with zero attached hydrogens (tertiary/aromatic N) is 1. The molecule has 1 rings (SSSR count). The molecule has 0 saturated heterocycles. The summed E-state index contributed by atoms with van der Waals surface area (Å²) in [4.78, 5) is 11.6. The Balaban J connectivity index is 2.71. The maximum absolute atomic E-state index is 11.9. The number of hydrogen-bond donors (Lipinski definition) is 1. The number of benzene rings is 1. The topological polar surface area (TPSA) is 66.5 Å². The minimum Gasteiger partial charge on any atom is -0.354 e. The number of aryl methyl sites for hydroxylation is 1. The Labute approximate surface area is 127 Å². The van der Waals surface area contributed by atoms with E-state index < -0.39 is 10.0 Å². The number of nitrogens with one attached hydrogen (secondary N) is 1. The van der Waals surface area contributed by atoms with Gasteiger partial charge in [0.25, 0.3) is 0 Å². The smallest absolute Gasteiger partial charge is 0.232 e. The molecule has 6 heteroatoms. The summed E-state index contributed by atoms with van der Waals surface area (Å²) in [5.74, 6) is 0.232. The van der Waals surface area contributed by atoms with Gasteiger partial charge in [0.1, 0.15) is 0 Å². The molecule has 0 aliphatic carbocycles. The van der Waals surface area contributed by atoms with Crippen LogP contribution in [0.2, 0.25) is 0 Å². The molecule has 0 heterocycles. The molecule has 1 N–H and O–H groups in total. The van der Waals surface area contributed by atoms with Gasteiger partial charge in [-0.15, -0.1) is 0 Å². The van der Waals surface area contributed by atoms with Crippen LogP contribution in [-0.2, 0) is 14.8 Å². The van der Waals surface area contributed by atoms with Crippen molar-refractivity contribution in [3.05, 3.63) is 29.8 Å². The molecule has 0 unspecified atom stereocenters. The molecule has 118 valence electrons. The molecule has 0 atom stereocenters. The largest absolute Gasteiger partial charge is 0.354 e. The Morgan fingerprint density at radius 1 is 1.33 bits per heavy atom. The van der Waals surface area contributed by atoms with Crippen molar-refractivity contribution < 1.29 is 13.2 Å². The quantitative estimate of drug-likeness (QED) is 0.836. The van der Waals surface area contributed by atoms with Crippen molar-refractivity contribution in [2.75, 3.05) is 23.7 Å². The van der Waals surface area contributed by atoms with Crippen molar-refractivity contribution in [1.29, 1.82) is 0 Å². The van der Waals surface area contributed by atoms with Gasteiger partial charge in [-0.25, -0.2) is 8.42 Å². The van der Waals surface area contributed by atoms with Gasteiger partial charge in [-0.3, -0.25) is 9.10 Å². The highest BCUT2D eigenvalue weighted by Gasteiger charge is 2.17. The van der Waals surface area contributed by atoms with E-state index in [9.17, 15) is 13.2 Å². The first kappa shape index (κ1) is 17.5. The summed E-state index contributed by atoms with van der Waals surface area (Å²) in [6.07, 6.45) is 1.62. The maximum atomic E-state index is 11.9. The van der Waals surface area contributed by atoms with Crippen LogP contribution in [0.25, 0.3) is 0 Å². The molecule has 1 aromatic carbocycles. The number of hydrogen-bond acceptors (Lipinski definition) is 3. The Morgan fingerprint density at radius 3 is 2.52 bits per heavy atom. The lowest BCUT2D eigenvalue weighted by Gasteiger charge is -2.23. The highest BCUT2D eigenvalue weighted by Crippen LogP contribution is 2.18. The number of carbonyl (C=O) groups excluding carboxylic acids is 1. The molecule has 5 nitrogen and oxygen atoms in total. The highest BCUT2D eigenvalue weighted by molar-refractivity contribution is 7.92. The summed E-state index contributed by atoms with van der Waals surface area (Å²) in [5, 5.41) is 2.76. The van der Waals surface area contributed by atoms with E-state index in [2.05, 4.69) is 5.32 Å². The highest BCUT2D eigenvalue weighted by atomic mass is 32.2. The number of carbonyl (C=O) groups is 1. The molecule has 0 fully saturated rings. The van der Waals surface area contributed by atoms with Gasteiger partial charge >= 0.3 is 0 Å². The molecule has 0 aliphatic rings. The zero-order valence-corrected chi connectivity index (χ0v) is 13.9. The predicted molar refractivity (Wildman–Crippen MR) is 85.8 cm³/mol. The summed E-state index contributed by atoms with van der Waals surface area (Å²) in [7, 11) is -3.37. The summed E-state index contributed by atoms with van der Waals surface area (Å²) in [6, 6.07) is 7.30. The zero-order chi connectivity index (χ0) is 16.0. The fraction of sp³-hybridized carbons (Fsp3) is 0.533. The molecule has 21 heavy (non-hydrogen) atoms. The monoisotopic (exact) mass is 312 g/mol. The summed E-state index contributed by atoms with van der Waals surface area (Å²) in [6.45, 7) is 6.37. The first-order valence-corrected chi connectivity index (χ1v) is 8.86. The average Bonchev–Trinajstić information content (AvgIpc) is 2.32. The second kappa shape index (κ2) is 7.45. The fourth-order valence-electron chi connectivity index (χ4n) is 2.01. The lowest BCUT2D eigenvalue weighted by Crippen LogP contribution is -2.38. The molecule has 1 aromatic rings. The lowest BCUT2D eigenvalue weighted by atomic mass is 10.1.